The Labute approximate surface area is 505 Å². The lowest BCUT2D eigenvalue weighted by Crippen LogP contribution is -2.30. The summed E-state index contributed by atoms with van der Waals surface area (Å²) in [5.74, 6) is -0.851. The Bertz CT molecular complexity index is 1400. The van der Waals surface area contributed by atoms with Crippen molar-refractivity contribution in [1.29, 1.82) is 0 Å². The molecule has 1 atom stereocenters. The maximum absolute atomic E-state index is 13.0. The minimum Gasteiger partial charge on any atom is -0.462 e. The summed E-state index contributed by atoms with van der Waals surface area (Å²) < 4.78 is 17.0. The number of rotatable bonds is 67. The van der Waals surface area contributed by atoms with E-state index in [0.29, 0.717) is 19.3 Å². The van der Waals surface area contributed by atoms with Gasteiger partial charge in [-0.15, -0.1) is 0 Å². The minimum atomic E-state index is -0.777. The summed E-state index contributed by atoms with van der Waals surface area (Å²) in [6, 6.07) is 0. The van der Waals surface area contributed by atoms with Gasteiger partial charge in [0.2, 0.25) is 0 Å². The average molecular weight is 1140 g/mol. The van der Waals surface area contributed by atoms with E-state index < -0.39 is 6.10 Å². The van der Waals surface area contributed by atoms with E-state index in [-0.39, 0.29) is 31.1 Å². The Morgan fingerprint density at radius 1 is 0.247 bits per heavy atom. The highest BCUT2D eigenvalue weighted by molar-refractivity contribution is 5.71. The number of hydrogen-bond acceptors (Lipinski definition) is 6. The van der Waals surface area contributed by atoms with Crippen molar-refractivity contribution in [3.05, 3.63) is 48.6 Å². The van der Waals surface area contributed by atoms with Gasteiger partial charge in [0.1, 0.15) is 13.2 Å². The Kier molecular flexibility index (Phi) is 67.6. The first-order valence-corrected chi connectivity index (χ1v) is 36.1. The second-order valence-electron chi connectivity index (χ2n) is 24.5. The highest BCUT2D eigenvalue weighted by atomic mass is 16.6. The van der Waals surface area contributed by atoms with Crippen LogP contribution in [0.1, 0.15) is 393 Å². The van der Waals surface area contributed by atoms with Crippen LogP contribution in [0.5, 0.6) is 0 Å². The Morgan fingerprint density at radius 3 is 0.716 bits per heavy atom. The summed E-state index contributed by atoms with van der Waals surface area (Å²) in [4.78, 5) is 38.5. The largest absolute Gasteiger partial charge is 0.462 e. The topological polar surface area (TPSA) is 78.9 Å². The second-order valence-corrected chi connectivity index (χ2v) is 24.5. The van der Waals surface area contributed by atoms with Crippen LogP contribution in [-0.4, -0.2) is 37.2 Å². The fourth-order valence-electron chi connectivity index (χ4n) is 10.8. The molecule has 6 heteroatoms. The number of hydrogen-bond donors (Lipinski definition) is 0. The number of carbonyl (C=O) groups is 3. The lowest BCUT2D eigenvalue weighted by molar-refractivity contribution is -0.167. The molecule has 0 heterocycles. The van der Waals surface area contributed by atoms with E-state index in [4.69, 9.17) is 14.2 Å². The van der Waals surface area contributed by atoms with E-state index in [1.807, 2.05) is 0 Å². The SMILES string of the molecule is CCCCC/C=C\C/C=C\CCCCCCCCCCCC(=O)OC(COC(=O)CCCCCCCCCCC/C=C\CCCCCCCC)COC(=O)CCCCCCCCCCCCCCC/C=C\CCCCCCCCCC. The minimum absolute atomic E-state index is 0.0720. The number of carbonyl (C=O) groups excluding carboxylic acids is 3. The van der Waals surface area contributed by atoms with Crippen LogP contribution < -0.4 is 0 Å². The van der Waals surface area contributed by atoms with E-state index in [2.05, 4.69) is 69.4 Å². The number of ether oxygens (including phenoxy) is 3. The fourth-order valence-corrected chi connectivity index (χ4v) is 10.8. The molecule has 0 amide bonds. The van der Waals surface area contributed by atoms with Crippen LogP contribution in [-0.2, 0) is 28.6 Å². The average Bonchev–Trinajstić information content (AvgIpc) is 3.47. The molecule has 0 radical (unpaired) electrons. The van der Waals surface area contributed by atoms with Gasteiger partial charge in [0.25, 0.3) is 0 Å². The molecule has 0 aliphatic carbocycles. The standard InChI is InChI=1S/C75H138O6/c1-4-7-10-13-16-19-22-25-28-31-34-35-36-37-38-39-42-44-47-50-53-56-59-62-65-68-74(77)80-71-72(81-75(78)69-66-63-60-57-54-51-48-45-41-33-30-27-24-21-18-15-12-9-6-3)70-79-73(76)67-64-61-58-55-52-49-46-43-40-32-29-26-23-20-17-14-11-8-5-2/h18,21,26-27,29-31,34,72H,4-17,19-20,22-25,28,32-33,35-71H2,1-3H3/b21-18-,29-26-,30-27-,34-31-. The van der Waals surface area contributed by atoms with Gasteiger partial charge in [-0.1, -0.05) is 320 Å². The van der Waals surface area contributed by atoms with E-state index in [1.165, 1.54) is 289 Å². The number of unbranched alkanes of at least 4 members (excludes halogenated alkanes) is 48. The molecule has 0 aromatic heterocycles. The van der Waals surface area contributed by atoms with Crippen molar-refractivity contribution in [3.63, 3.8) is 0 Å². The molecule has 0 bridgehead atoms. The summed E-state index contributed by atoms with van der Waals surface area (Å²) in [5.41, 5.74) is 0. The van der Waals surface area contributed by atoms with E-state index in [1.54, 1.807) is 0 Å². The quantitative estimate of drug-likeness (QED) is 0.0261. The third kappa shape index (κ3) is 68.0. The molecule has 0 rings (SSSR count). The molecule has 0 fully saturated rings. The molecular weight excluding hydrogens is 997 g/mol. The van der Waals surface area contributed by atoms with Gasteiger partial charge in [-0.25, -0.2) is 0 Å². The number of esters is 3. The summed E-state index contributed by atoms with van der Waals surface area (Å²) in [6.07, 6.45) is 88.5. The summed E-state index contributed by atoms with van der Waals surface area (Å²) in [7, 11) is 0. The maximum Gasteiger partial charge on any atom is 0.306 e. The molecule has 0 saturated heterocycles. The molecule has 0 saturated carbocycles. The van der Waals surface area contributed by atoms with Crippen molar-refractivity contribution in [3.8, 4) is 0 Å². The lowest BCUT2D eigenvalue weighted by Gasteiger charge is -2.18. The smallest absolute Gasteiger partial charge is 0.306 e. The maximum atomic E-state index is 13.0. The molecule has 0 aliphatic rings. The van der Waals surface area contributed by atoms with E-state index >= 15 is 0 Å². The van der Waals surface area contributed by atoms with Gasteiger partial charge in [0.05, 0.1) is 0 Å². The Morgan fingerprint density at radius 2 is 0.444 bits per heavy atom. The first kappa shape index (κ1) is 78.4. The summed E-state index contributed by atoms with van der Waals surface area (Å²) in [5, 5.41) is 0. The molecular formula is C75H138O6. The third-order valence-electron chi connectivity index (χ3n) is 16.3. The lowest BCUT2D eigenvalue weighted by atomic mass is 10.0. The Balaban J connectivity index is 4.31. The van der Waals surface area contributed by atoms with E-state index in [9.17, 15) is 14.4 Å². The first-order chi connectivity index (χ1) is 40.0. The molecule has 81 heavy (non-hydrogen) atoms. The predicted octanol–water partition coefficient (Wildman–Crippen LogP) is 24.9. The van der Waals surface area contributed by atoms with Crippen LogP contribution in [0.3, 0.4) is 0 Å². The van der Waals surface area contributed by atoms with Crippen molar-refractivity contribution in [2.45, 2.75) is 399 Å². The van der Waals surface area contributed by atoms with Crippen molar-refractivity contribution in [1.82, 2.24) is 0 Å². The van der Waals surface area contributed by atoms with E-state index in [0.717, 1.165) is 64.2 Å². The highest BCUT2D eigenvalue weighted by Crippen LogP contribution is 2.18. The normalized spacial score (nSPS) is 12.3. The van der Waals surface area contributed by atoms with Gasteiger partial charge >= 0.3 is 17.9 Å². The molecule has 6 nitrogen and oxygen atoms in total. The van der Waals surface area contributed by atoms with Crippen LogP contribution in [0.4, 0.5) is 0 Å². The zero-order valence-electron chi connectivity index (χ0n) is 54.6. The van der Waals surface area contributed by atoms with Crippen molar-refractivity contribution >= 4 is 17.9 Å². The van der Waals surface area contributed by atoms with Crippen molar-refractivity contribution in [2.75, 3.05) is 13.2 Å². The van der Waals surface area contributed by atoms with Crippen LogP contribution in [0.25, 0.3) is 0 Å². The van der Waals surface area contributed by atoms with Gasteiger partial charge < -0.3 is 14.2 Å². The molecule has 1 unspecified atom stereocenters. The zero-order valence-corrected chi connectivity index (χ0v) is 54.6. The Hall–Kier alpha value is -2.63. The summed E-state index contributed by atoms with van der Waals surface area (Å²) in [6.45, 7) is 6.68. The molecule has 0 spiro atoms. The van der Waals surface area contributed by atoms with Gasteiger partial charge in [-0.3, -0.25) is 14.4 Å². The second kappa shape index (κ2) is 69.9. The predicted molar refractivity (Wildman–Crippen MR) is 353 cm³/mol. The van der Waals surface area contributed by atoms with Gasteiger partial charge in [0, 0.05) is 19.3 Å². The van der Waals surface area contributed by atoms with Gasteiger partial charge in [0.15, 0.2) is 6.10 Å². The first-order valence-electron chi connectivity index (χ1n) is 36.1. The monoisotopic (exact) mass is 1140 g/mol. The highest BCUT2D eigenvalue weighted by Gasteiger charge is 2.19. The third-order valence-corrected chi connectivity index (χ3v) is 16.3. The van der Waals surface area contributed by atoms with Crippen LogP contribution in [0.2, 0.25) is 0 Å². The fraction of sp³-hybridized carbons (Fsp3) is 0.853. The van der Waals surface area contributed by atoms with Gasteiger partial charge in [-0.2, -0.15) is 0 Å². The van der Waals surface area contributed by atoms with Crippen LogP contribution in [0.15, 0.2) is 48.6 Å². The van der Waals surface area contributed by atoms with Crippen LogP contribution in [0, 0.1) is 0 Å². The molecule has 0 N–H and O–H groups in total. The molecule has 0 aromatic rings. The summed E-state index contributed by atoms with van der Waals surface area (Å²) >= 11 is 0. The molecule has 474 valence electrons. The zero-order chi connectivity index (χ0) is 58.5. The molecule has 0 aromatic carbocycles. The number of allylic oxidation sites excluding steroid dienone is 8. The molecule has 0 aliphatic heterocycles. The van der Waals surface area contributed by atoms with Gasteiger partial charge in [-0.05, 0) is 103 Å². The van der Waals surface area contributed by atoms with Crippen LogP contribution >= 0.6 is 0 Å². The van der Waals surface area contributed by atoms with Crippen molar-refractivity contribution < 1.29 is 28.6 Å². The van der Waals surface area contributed by atoms with Crippen molar-refractivity contribution in [2.24, 2.45) is 0 Å².